The van der Waals surface area contributed by atoms with Gasteiger partial charge in [-0.3, -0.25) is 0 Å². The predicted octanol–water partition coefficient (Wildman–Crippen LogP) is 3.45. The minimum absolute atomic E-state index is 0.322. The molecule has 0 spiro atoms. The van der Waals surface area contributed by atoms with Gasteiger partial charge in [0.25, 0.3) is 0 Å². The molecule has 8 nitrogen and oxygen atoms in total. The number of nitrogens with one attached hydrogen (secondary N) is 1. The molecule has 0 radical (unpaired) electrons. The van der Waals surface area contributed by atoms with E-state index in [-0.39, 0.29) is 0 Å². The summed E-state index contributed by atoms with van der Waals surface area (Å²) in [5.41, 5.74) is 12.0. The highest BCUT2D eigenvalue weighted by molar-refractivity contribution is 5.44. The molecule has 5 N–H and O–H groups in total. The van der Waals surface area contributed by atoms with Gasteiger partial charge in [0, 0.05) is 43.3 Å². The van der Waals surface area contributed by atoms with E-state index in [1.54, 1.807) is 18.5 Å². The molecule has 4 rings (SSSR count). The number of aromatic nitrogens is 4. The van der Waals surface area contributed by atoms with Crippen molar-refractivity contribution in [1.29, 1.82) is 0 Å². The van der Waals surface area contributed by atoms with Crippen LogP contribution in [0.1, 0.15) is 64.5 Å². The Morgan fingerprint density at radius 1 is 1.06 bits per heavy atom. The summed E-state index contributed by atoms with van der Waals surface area (Å²) < 4.78 is 0. The second kappa shape index (κ2) is 13.7. The molecule has 2 aromatic heterocycles. The number of nitrogens with two attached hydrogens (primary N) is 2. The quantitative estimate of drug-likeness (QED) is 0.662. The van der Waals surface area contributed by atoms with E-state index in [0.29, 0.717) is 17.9 Å². The van der Waals surface area contributed by atoms with Gasteiger partial charge in [0.1, 0.15) is 5.82 Å². The first-order chi connectivity index (χ1) is 15.0. The summed E-state index contributed by atoms with van der Waals surface area (Å²) >= 11 is 0. The number of hydrogen-bond donors (Lipinski definition) is 3. The van der Waals surface area contributed by atoms with Crippen molar-refractivity contribution in [3.8, 4) is 0 Å². The zero-order valence-corrected chi connectivity index (χ0v) is 19.4. The van der Waals surface area contributed by atoms with Crippen molar-refractivity contribution in [2.75, 3.05) is 36.5 Å². The summed E-state index contributed by atoms with van der Waals surface area (Å²) in [5.74, 6) is 2.74. The average molecular weight is 429 g/mol. The Kier molecular flexibility index (Phi) is 11.0. The van der Waals surface area contributed by atoms with E-state index in [1.165, 1.54) is 32.1 Å². The third-order valence-corrected chi connectivity index (χ3v) is 5.72. The molecular weight excluding hydrogens is 388 g/mol. The first-order valence-electron chi connectivity index (χ1n) is 11.6. The fourth-order valence-electron chi connectivity index (χ4n) is 3.80. The van der Waals surface area contributed by atoms with Crippen LogP contribution in [0.5, 0.6) is 0 Å². The van der Waals surface area contributed by atoms with Crippen molar-refractivity contribution in [2.45, 2.75) is 71.3 Å². The lowest BCUT2D eigenvalue weighted by molar-refractivity contribution is 0.612. The van der Waals surface area contributed by atoms with Gasteiger partial charge in [-0.2, -0.15) is 4.98 Å². The Balaban J connectivity index is 0.000000213. The Morgan fingerprint density at radius 2 is 1.77 bits per heavy atom. The third kappa shape index (κ3) is 9.46. The molecule has 1 aliphatic heterocycles. The molecule has 2 aromatic rings. The van der Waals surface area contributed by atoms with E-state index in [2.05, 4.69) is 50.1 Å². The Morgan fingerprint density at radius 3 is 2.26 bits per heavy atom. The summed E-state index contributed by atoms with van der Waals surface area (Å²) in [4.78, 5) is 18.2. The second-order valence-corrected chi connectivity index (χ2v) is 8.40. The minimum Gasteiger partial charge on any atom is -0.368 e. The zero-order valence-electron chi connectivity index (χ0n) is 19.4. The van der Waals surface area contributed by atoms with E-state index >= 15 is 0 Å². The Hall–Kier alpha value is -2.48. The first-order valence-corrected chi connectivity index (χ1v) is 11.6. The number of aryl methyl sites for hydroxylation is 1. The van der Waals surface area contributed by atoms with Crippen LogP contribution in [0.15, 0.2) is 24.5 Å². The number of nitrogens with zero attached hydrogens (tertiary/aromatic N) is 5. The molecule has 2 aliphatic rings. The van der Waals surface area contributed by atoms with Crippen molar-refractivity contribution in [3.05, 3.63) is 30.2 Å². The highest BCUT2D eigenvalue weighted by Gasteiger charge is 2.22. The normalized spacial score (nSPS) is 18.2. The highest BCUT2D eigenvalue weighted by atomic mass is 15.2. The van der Waals surface area contributed by atoms with Gasteiger partial charge in [-0.25, -0.2) is 15.0 Å². The van der Waals surface area contributed by atoms with Crippen LogP contribution in [0.3, 0.4) is 0 Å². The third-order valence-electron chi connectivity index (χ3n) is 5.72. The maximum atomic E-state index is 5.80. The summed E-state index contributed by atoms with van der Waals surface area (Å²) in [6.07, 6.45) is 13.6. The van der Waals surface area contributed by atoms with Gasteiger partial charge < -0.3 is 21.7 Å². The number of hydrogen-bond acceptors (Lipinski definition) is 8. The van der Waals surface area contributed by atoms with Gasteiger partial charge in [-0.15, -0.1) is 0 Å². The summed E-state index contributed by atoms with van der Waals surface area (Å²) in [5, 5.41) is 3.31. The van der Waals surface area contributed by atoms with Crippen LogP contribution in [0, 0.1) is 5.92 Å². The lowest BCUT2D eigenvalue weighted by Crippen LogP contribution is -2.30. The van der Waals surface area contributed by atoms with Crippen molar-refractivity contribution in [2.24, 2.45) is 5.92 Å². The molecule has 1 atom stereocenters. The van der Waals surface area contributed by atoms with Gasteiger partial charge in [0.15, 0.2) is 0 Å². The van der Waals surface area contributed by atoms with Gasteiger partial charge in [-0.1, -0.05) is 46.0 Å². The van der Waals surface area contributed by atoms with Crippen molar-refractivity contribution in [1.82, 2.24) is 25.3 Å². The SMILES string of the molecule is CC1CCCC1.CCCCc1cc(N2CC[C@@H](NC)C2)nc(N)n1.Nc1ncccn1. The van der Waals surface area contributed by atoms with Crippen LogP contribution in [0.25, 0.3) is 0 Å². The lowest BCUT2D eigenvalue weighted by Gasteiger charge is -2.18. The second-order valence-electron chi connectivity index (χ2n) is 8.40. The molecule has 2 fully saturated rings. The van der Waals surface area contributed by atoms with Crippen LogP contribution in [-0.4, -0.2) is 46.1 Å². The highest BCUT2D eigenvalue weighted by Crippen LogP contribution is 2.23. The largest absolute Gasteiger partial charge is 0.368 e. The van der Waals surface area contributed by atoms with Crippen LogP contribution in [0.4, 0.5) is 17.7 Å². The molecule has 172 valence electrons. The first kappa shape index (κ1) is 24.8. The van der Waals surface area contributed by atoms with E-state index in [0.717, 1.165) is 49.8 Å². The van der Waals surface area contributed by atoms with Gasteiger partial charge >= 0.3 is 0 Å². The van der Waals surface area contributed by atoms with E-state index in [4.69, 9.17) is 11.5 Å². The fourth-order valence-corrected chi connectivity index (χ4v) is 3.80. The Bertz CT molecular complexity index is 734. The standard InChI is InChI=1S/C13H23N5.C6H12.C4H5N3/c1-3-4-5-10-8-12(17-13(14)16-10)18-7-6-11(9-18)15-2;1-6-4-2-3-5-6;5-4-6-2-1-3-7-4/h8,11,15H,3-7,9H2,1-2H3,(H2,14,16,17);6H,2-5H2,1H3;1-3H,(H2,5,6,7)/t11-;;/m1../s1. The zero-order chi connectivity index (χ0) is 22.5. The number of anilines is 3. The van der Waals surface area contributed by atoms with E-state index in [1.807, 2.05) is 7.05 Å². The lowest BCUT2D eigenvalue weighted by atomic mass is 10.2. The van der Waals surface area contributed by atoms with Crippen LogP contribution in [0.2, 0.25) is 0 Å². The topological polar surface area (TPSA) is 119 Å². The maximum absolute atomic E-state index is 5.80. The van der Waals surface area contributed by atoms with Crippen LogP contribution in [-0.2, 0) is 6.42 Å². The molecule has 1 saturated heterocycles. The summed E-state index contributed by atoms with van der Waals surface area (Å²) in [6.45, 7) is 6.56. The van der Waals surface area contributed by atoms with E-state index < -0.39 is 0 Å². The number of rotatable bonds is 5. The van der Waals surface area contributed by atoms with Crippen LogP contribution >= 0.6 is 0 Å². The van der Waals surface area contributed by atoms with Crippen molar-refractivity contribution < 1.29 is 0 Å². The van der Waals surface area contributed by atoms with Gasteiger partial charge in [-0.05, 0) is 38.3 Å². The molecule has 8 heteroatoms. The Labute approximate surface area is 187 Å². The maximum Gasteiger partial charge on any atom is 0.222 e. The molecule has 0 aromatic carbocycles. The summed E-state index contributed by atoms with van der Waals surface area (Å²) in [6, 6.07) is 4.36. The molecule has 1 aliphatic carbocycles. The molecule has 0 bridgehead atoms. The van der Waals surface area contributed by atoms with Gasteiger partial charge in [0.2, 0.25) is 11.9 Å². The number of likely N-dealkylation sites (N-methyl/N-ethyl adjacent to an activating group) is 1. The monoisotopic (exact) mass is 428 g/mol. The minimum atomic E-state index is 0.322. The van der Waals surface area contributed by atoms with Crippen molar-refractivity contribution in [3.63, 3.8) is 0 Å². The predicted molar refractivity (Wildman–Crippen MR) is 129 cm³/mol. The molecule has 0 amide bonds. The molecule has 0 unspecified atom stereocenters. The molecular formula is C23H40N8. The molecule has 31 heavy (non-hydrogen) atoms. The molecule has 3 heterocycles. The number of unbranched alkanes of at least 4 members (excludes halogenated alkanes) is 1. The average Bonchev–Trinajstić information content (AvgIpc) is 3.45. The van der Waals surface area contributed by atoms with Crippen molar-refractivity contribution >= 4 is 17.7 Å². The molecule has 1 saturated carbocycles. The smallest absolute Gasteiger partial charge is 0.222 e. The van der Waals surface area contributed by atoms with Gasteiger partial charge in [0.05, 0.1) is 0 Å². The number of nitrogen functional groups attached to an aromatic ring is 2. The van der Waals surface area contributed by atoms with E-state index in [9.17, 15) is 0 Å². The van der Waals surface area contributed by atoms with Crippen LogP contribution < -0.4 is 21.7 Å². The summed E-state index contributed by atoms with van der Waals surface area (Å²) in [7, 11) is 2.01. The fraction of sp³-hybridized carbons (Fsp3) is 0.652.